The Bertz CT molecular complexity index is 1520. The molecule has 0 aliphatic heterocycles. The van der Waals surface area contributed by atoms with Crippen LogP contribution in [0.1, 0.15) is 5.56 Å². The molecule has 0 radical (unpaired) electrons. The summed E-state index contributed by atoms with van der Waals surface area (Å²) in [6.45, 7) is 2.07. The van der Waals surface area contributed by atoms with Gasteiger partial charge in [-0.25, -0.2) is 4.98 Å². The van der Waals surface area contributed by atoms with Crippen molar-refractivity contribution in [3.63, 3.8) is 0 Å². The Hall–Kier alpha value is -3.75. The van der Waals surface area contributed by atoms with Gasteiger partial charge in [-0.05, 0) is 67.2 Å². The van der Waals surface area contributed by atoms with E-state index in [9.17, 15) is 4.79 Å². The summed E-state index contributed by atoms with van der Waals surface area (Å²) in [6.07, 6.45) is 3.97. The number of imidazole rings is 1. The number of nitrogens with zero attached hydrogens (tertiary/aromatic N) is 4. The number of hydrogen-bond acceptors (Lipinski definition) is 4. The number of aryl methyl sites for hydroxylation is 1. The molecule has 0 aliphatic carbocycles. The van der Waals surface area contributed by atoms with Crippen molar-refractivity contribution in [3.8, 4) is 22.6 Å². The number of rotatable bonds is 5. The van der Waals surface area contributed by atoms with Crippen LogP contribution in [0.25, 0.3) is 28.3 Å². The lowest BCUT2D eigenvalue weighted by Gasteiger charge is -2.09. The molecule has 33 heavy (non-hydrogen) atoms. The Morgan fingerprint density at radius 2 is 1.82 bits per heavy atom. The molecule has 0 bridgehead atoms. The van der Waals surface area contributed by atoms with Gasteiger partial charge in [0.1, 0.15) is 12.2 Å². The van der Waals surface area contributed by atoms with Gasteiger partial charge >= 0.3 is 0 Å². The van der Waals surface area contributed by atoms with Gasteiger partial charge < -0.3 is 9.72 Å². The zero-order valence-corrected chi connectivity index (χ0v) is 19.2. The van der Waals surface area contributed by atoms with Crippen molar-refractivity contribution in [2.75, 3.05) is 5.32 Å². The van der Waals surface area contributed by atoms with Gasteiger partial charge in [0.15, 0.2) is 10.6 Å². The van der Waals surface area contributed by atoms with E-state index in [4.69, 9.17) is 28.8 Å². The van der Waals surface area contributed by atoms with E-state index in [1.807, 2.05) is 72.2 Å². The zero-order valence-electron chi connectivity index (χ0n) is 17.6. The van der Waals surface area contributed by atoms with Crippen LogP contribution in [0.3, 0.4) is 0 Å². The van der Waals surface area contributed by atoms with E-state index in [0.717, 1.165) is 28.0 Å². The molecule has 3 heterocycles. The van der Waals surface area contributed by atoms with Gasteiger partial charge in [-0.15, -0.1) is 0 Å². The number of benzene rings is 2. The van der Waals surface area contributed by atoms with Gasteiger partial charge in [-0.2, -0.15) is 5.10 Å². The molecule has 5 rings (SSSR count). The second kappa shape index (κ2) is 8.65. The molecule has 0 aliphatic rings. The molecule has 0 spiro atoms. The third-order valence-corrected chi connectivity index (χ3v) is 5.87. The van der Waals surface area contributed by atoms with Crippen LogP contribution in [0.5, 0.6) is 0 Å². The van der Waals surface area contributed by atoms with Crippen molar-refractivity contribution < 1.29 is 4.79 Å². The van der Waals surface area contributed by atoms with Crippen molar-refractivity contribution >= 4 is 41.1 Å². The quantitative estimate of drug-likeness (QED) is 0.328. The highest BCUT2D eigenvalue weighted by Crippen LogP contribution is 2.23. The first-order valence-corrected chi connectivity index (χ1v) is 11.0. The third kappa shape index (κ3) is 4.30. The van der Waals surface area contributed by atoms with Gasteiger partial charge in [-0.3, -0.25) is 14.5 Å². The lowest BCUT2D eigenvalue weighted by Crippen LogP contribution is -2.19. The Morgan fingerprint density at radius 3 is 2.55 bits per heavy atom. The second-order valence-corrected chi connectivity index (χ2v) is 8.44. The van der Waals surface area contributed by atoms with E-state index in [1.165, 1.54) is 0 Å². The van der Waals surface area contributed by atoms with E-state index < -0.39 is 0 Å². The van der Waals surface area contributed by atoms with Crippen LogP contribution >= 0.6 is 23.8 Å². The molecule has 0 unspecified atom stereocenters. The van der Waals surface area contributed by atoms with Gasteiger partial charge in [-0.1, -0.05) is 29.8 Å². The lowest BCUT2D eigenvalue weighted by atomic mass is 10.1. The van der Waals surface area contributed by atoms with Crippen LogP contribution in [0.2, 0.25) is 5.02 Å². The van der Waals surface area contributed by atoms with Crippen LogP contribution < -0.4 is 5.32 Å². The summed E-state index contributed by atoms with van der Waals surface area (Å²) in [5.41, 5.74) is 5.39. The Labute approximate surface area is 199 Å². The first-order valence-electron chi connectivity index (χ1n) is 10.2. The molecule has 9 heteroatoms. The fraction of sp³-hybridized carbons (Fsp3) is 0.0833. The summed E-state index contributed by atoms with van der Waals surface area (Å²) in [7, 11) is 0. The summed E-state index contributed by atoms with van der Waals surface area (Å²) >= 11 is 11.3. The molecular formula is C24H19ClN6OS. The average Bonchev–Trinajstić information content (AvgIpc) is 3.40. The van der Waals surface area contributed by atoms with Crippen LogP contribution in [0, 0.1) is 11.7 Å². The number of H-pyrrole nitrogens is 1. The topological polar surface area (TPSA) is 80.0 Å². The fourth-order valence-electron chi connectivity index (χ4n) is 3.64. The molecule has 7 nitrogen and oxygen atoms in total. The fourth-order valence-corrected chi connectivity index (χ4v) is 3.97. The SMILES string of the molecule is Cc1cccn2cc(-c3ccc(NC(=O)Cn4c(-c5ccc(Cl)cc5)n[nH]c4=S)cc3)nc12. The number of aromatic nitrogens is 5. The smallest absolute Gasteiger partial charge is 0.244 e. The number of anilines is 1. The number of aromatic amines is 1. The van der Waals surface area contributed by atoms with E-state index >= 15 is 0 Å². The van der Waals surface area contributed by atoms with Crippen LogP contribution in [0.4, 0.5) is 5.69 Å². The standard InChI is InChI=1S/C24H19ClN6OS/c1-15-3-2-12-30-13-20(27-22(15)30)16-6-10-19(11-7-16)26-21(32)14-31-23(28-29-24(31)33)17-4-8-18(25)9-5-17/h2-13H,14H2,1H3,(H,26,32)(H,29,33). The monoisotopic (exact) mass is 474 g/mol. The van der Waals surface area contributed by atoms with E-state index in [-0.39, 0.29) is 12.5 Å². The number of nitrogens with one attached hydrogen (secondary N) is 2. The minimum absolute atomic E-state index is 0.0285. The van der Waals surface area contributed by atoms with Crippen molar-refractivity contribution in [2.45, 2.75) is 13.5 Å². The average molecular weight is 475 g/mol. The summed E-state index contributed by atoms with van der Waals surface area (Å²) in [5, 5.41) is 10.6. The van der Waals surface area contributed by atoms with Crippen molar-refractivity contribution in [1.29, 1.82) is 0 Å². The number of carbonyl (C=O) groups is 1. The molecule has 5 aromatic rings. The van der Waals surface area contributed by atoms with E-state index in [1.54, 1.807) is 16.7 Å². The molecule has 3 aromatic heterocycles. The molecule has 0 atom stereocenters. The van der Waals surface area contributed by atoms with Crippen molar-refractivity contribution in [2.24, 2.45) is 0 Å². The van der Waals surface area contributed by atoms with Gasteiger partial charge in [0.05, 0.1) is 5.69 Å². The van der Waals surface area contributed by atoms with Gasteiger partial charge in [0, 0.05) is 34.2 Å². The number of hydrogen-bond donors (Lipinski definition) is 2. The number of amides is 1. The number of carbonyl (C=O) groups excluding carboxylic acids is 1. The number of fused-ring (bicyclic) bond motifs is 1. The highest BCUT2D eigenvalue weighted by molar-refractivity contribution is 7.71. The number of pyridine rings is 1. The molecule has 1 amide bonds. The predicted octanol–water partition coefficient (Wildman–Crippen LogP) is 5.52. The second-order valence-electron chi connectivity index (χ2n) is 7.62. The normalized spacial score (nSPS) is 11.1. The summed E-state index contributed by atoms with van der Waals surface area (Å²) in [4.78, 5) is 17.4. The molecule has 2 N–H and O–H groups in total. The van der Waals surface area contributed by atoms with Crippen molar-refractivity contribution in [1.82, 2.24) is 24.1 Å². The van der Waals surface area contributed by atoms with Gasteiger partial charge in [0.2, 0.25) is 5.91 Å². The minimum atomic E-state index is -0.209. The zero-order chi connectivity index (χ0) is 22.9. The predicted molar refractivity (Wildman–Crippen MR) is 132 cm³/mol. The first kappa shape index (κ1) is 21.1. The highest BCUT2D eigenvalue weighted by Gasteiger charge is 2.13. The minimum Gasteiger partial charge on any atom is -0.325 e. The van der Waals surface area contributed by atoms with Crippen molar-refractivity contribution in [3.05, 3.63) is 88.4 Å². The molecule has 0 saturated heterocycles. The Balaban J connectivity index is 1.32. The maximum absolute atomic E-state index is 12.7. The van der Waals surface area contributed by atoms with Crippen LogP contribution in [0.15, 0.2) is 73.1 Å². The summed E-state index contributed by atoms with van der Waals surface area (Å²) in [6, 6.07) is 18.8. The molecule has 164 valence electrons. The maximum Gasteiger partial charge on any atom is 0.244 e. The third-order valence-electron chi connectivity index (χ3n) is 5.30. The maximum atomic E-state index is 12.7. The highest BCUT2D eigenvalue weighted by atomic mass is 35.5. The summed E-state index contributed by atoms with van der Waals surface area (Å²) in [5.74, 6) is 0.364. The molecule has 0 saturated carbocycles. The largest absolute Gasteiger partial charge is 0.325 e. The number of halogens is 1. The van der Waals surface area contributed by atoms with Gasteiger partial charge in [0.25, 0.3) is 0 Å². The molecule has 2 aromatic carbocycles. The van der Waals surface area contributed by atoms with Crippen LogP contribution in [-0.4, -0.2) is 30.1 Å². The molecule has 0 fully saturated rings. The van der Waals surface area contributed by atoms with E-state index in [2.05, 4.69) is 15.5 Å². The summed E-state index contributed by atoms with van der Waals surface area (Å²) < 4.78 is 4.03. The lowest BCUT2D eigenvalue weighted by molar-refractivity contribution is -0.116. The Kier molecular flexibility index (Phi) is 5.53. The van der Waals surface area contributed by atoms with Crippen LogP contribution in [-0.2, 0) is 11.3 Å². The molecular weight excluding hydrogens is 456 g/mol. The Morgan fingerprint density at radius 1 is 1.09 bits per heavy atom. The first-order chi connectivity index (χ1) is 16.0. The van der Waals surface area contributed by atoms with E-state index in [0.29, 0.717) is 21.3 Å².